The average Bonchev–Trinajstić information content (AvgIpc) is 2.79. The first kappa shape index (κ1) is 16.5. The molecule has 0 spiro atoms. The Labute approximate surface area is 135 Å². The third-order valence-corrected chi connectivity index (χ3v) is 4.21. The largest absolute Gasteiger partial charge is 0.494 e. The summed E-state index contributed by atoms with van der Waals surface area (Å²) in [7, 11) is 0. The summed E-state index contributed by atoms with van der Waals surface area (Å²) >= 11 is 1.48. The molecule has 1 aromatic carbocycles. The lowest BCUT2D eigenvalue weighted by atomic mass is 10.1. The zero-order valence-corrected chi connectivity index (χ0v) is 14.3. The smallest absolute Gasteiger partial charge is 0.267 e. The van der Waals surface area contributed by atoms with E-state index in [-0.39, 0.29) is 5.91 Å². The summed E-state index contributed by atoms with van der Waals surface area (Å²) in [6.45, 7) is 8.71. The van der Waals surface area contributed by atoms with Crippen molar-refractivity contribution in [3.05, 3.63) is 39.8 Å². The maximum Gasteiger partial charge on any atom is 0.267 e. The van der Waals surface area contributed by atoms with E-state index >= 15 is 0 Å². The lowest BCUT2D eigenvalue weighted by Crippen LogP contribution is -2.11. The molecular formula is C17H22N2O2S. The summed E-state index contributed by atoms with van der Waals surface area (Å²) in [5.74, 6) is 1.17. The molecule has 0 saturated heterocycles. The monoisotopic (exact) mass is 318 g/mol. The molecule has 0 aliphatic carbocycles. The second-order valence-corrected chi connectivity index (χ2v) is 6.62. The summed E-state index contributed by atoms with van der Waals surface area (Å²) in [5, 5.41) is 3.93. The Balaban J connectivity index is 2.12. The molecule has 4 nitrogen and oxygen atoms in total. The van der Waals surface area contributed by atoms with Crippen molar-refractivity contribution in [3.8, 4) is 5.75 Å². The van der Waals surface area contributed by atoms with Crippen LogP contribution in [0.2, 0.25) is 0 Å². The first-order valence-electron chi connectivity index (χ1n) is 7.50. The molecule has 2 aromatic rings. The lowest BCUT2D eigenvalue weighted by Gasteiger charge is -2.07. The predicted octanol–water partition coefficient (Wildman–Crippen LogP) is 4.30. The van der Waals surface area contributed by atoms with E-state index in [1.165, 1.54) is 11.3 Å². The molecule has 22 heavy (non-hydrogen) atoms. The molecule has 5 heteroatoms. The van der Waals surface area contributed by atoms with E-state index in [1.54, 1.807) is 0 Å². The molecule has 2 rings (SSSR count). The zero-order chi connectivity index (χ0) is 16.1. The Morgan fingerprint density at radius 3 is 2.86 bits per heavy atom. The first-order valence-corrected chi connectivity index (χ1v) is 8.31. The van der Waals surface area contributed by atoms with Gasteiger partial charge in [0.15, 0.2) is 0 Å². The molecule has 0 atom stereocenters. The molecule has 0 bridgehead atoms. The number of anilines is 1. The van der Waals surface area contributed by atoms with Gasteiger partial charge in [-0.15, -0.1) is 11.3 Å². The highest BCUT2D eigenvalue weighted by molar-refractivity contribution is 7.13. The van der Waals surface area contributed by atoms with E-state index in [0.29, 0.717) is 17.4 Å². The van der Waals surface area contributed by atoms with E-state index in [9.17, 15) is 4.79 Å². The number of benzene rings is 1. The molecule has 0 aliphatic heterocycles. The molecule has 0 unspecified atom stereocenters. The van der Waals surface area contributed by atoms with Crippen molar-refractivity contribution in [2.45, 2.75) is 34.1 Å². The Morgan fingerprint density at radius 1 is 1.41 bits per heavy atom. The highest BCUT2D eigenvalue weighted by atomic mass is 32.1. The van der Waals surface area contributed by atoms with Crippen LogP contribution in [-0.4, -0.2) is 17.5 Å². The van der Waals surface area contributed by atoms with Gasteiger partial charge in [-0.3, -0.25) is 4.79 Å². The number of nitrogens with one attached hydrogen (secondary N) is 1. The number of aryl methyl sites for hydroxylation is 1. The molecule has 1 aromatic heterocycles. The minimum absolute atomic E-state index is 0.112. The number of thiazole rings is 1. The van der Waals surface area contributed by atoms with Crippen molar-refractivity contribution < 1.29 is 9.53 Å². The third-order valence-electron chi connectivity index (χ3n) is 3.03. The van der Waals surface area contributed by atoms with Crippen molar-refractivity contribution >= 4 is 22.9 Å². The fraction of sp³-hybridized carbons (Fsp3) is 0.412. The second kappa shape index (κ2) is 7.40. The summed E-state index contributed by atoms with van der Waals surface area (Å²) < 4.78 is 5.44. The summed E-state index contributed by atoms with van der Waals surface area (Å²) in [4.78, 5) is 17.6. The van der Waals surface area contributed by atoms with Crippen molar-refractivity contribution in [3.63, 3.8) is 0 Å². The van der Waals surface area contributed by atoms with E-state index in [4.69, 9.17) is 4.74 Å². The van der Waals surface area contributed by atoms with Gasteiger partial charge in [0, 0.05) is 18.2 Å². The minimum atomic E-state index is -0.112. The Morgan fingerprint density at radius 2 is 2.18 bits per heavy atom. The van der Waals surface area contributed by atoms with Crippen LogP contribution in [0.25, 0.3) is 0 Å². The fourth-order valence-corrected chi connectivity index (χ4v) is 3.29. The normalized spacial score (nSPS) is 10.8. The number of carbonyl (C=O) groups excluding carboxylic acids is 1. The molecule has 0 radical (unpaired) electrons. The van der Waals surface area contributed by atoms with Gasteiger partial charge >= 0.3 is 0 Å². The van der Waals surface area contributed by atoms with Gasteiger partial charge in [0.2, 0.25) is 0 Å². The highest BCUT2D eigenvalue weighted by Gasteiger charge is 2.16. The highest BCUT2D eigenvalue weighted by Crippen LogP contribution is 2.23. The fourth-order valence-electron chi connectivity index (χ4n) is 2.12. The molecule has 118 valence electrons. The quantitative estimate of drug-likeness (QED) is 0.864. The maximum absolute atomic E-state index is 12.4. The zero-order valence-electron chi connectivity index (χ0n) is 13.5. The van der Waals surface area contributed by atoms with Crippen molar-refractivity contribution in [1.29, 1.82) is 0 Å². The van der Waals surface area contributed by atoms with Crippen LogP contribution in [0.3, 0.4) is 0 Å². The molecule has 1 N–H and O–H groups in total. The standard InChI is InChI=1S/C17H22N2O2S/c1-5-21-14-8-6-7-13(10-14)19-17(20)16-12(4)18-15(22-16)9-11(2)3/h6-8,10-11H,5,9H2,1-4H3,(H,19,20). The predicted molar refractivity (Wildman–Crippen MR) is 91.0 cm³/mol. The second-order valence-electron chi connectivity index (χ2n) is 5.54. The van der Waals surface area contributed by atoms with Crippen molar-refractivity contribution in [2.24, 2.45) is 5.92 Å². The van der Waals surface area contributed by atoms with Crippen LogP contribution in [0.4, 0.5) is 5.69 Å². The van der Waals surface area contributed by atoms with Gasteiger partial charge in [0.05, 0.1) is 17.3 Å². The topological polar surface area (TPSA) is 51.2 Å². The van der Waals surface area contributed by atoms with E-state index in [0.717, 1.165) is 28.6 Å². The number of rotatable bonds is 6. The van der Waals surface area contributed by atoms with Crippen LogP contribution in [-0.2, 0) is 6.42 Å². The molecule has 0 saturated carbocycles. The van der Waals surface area contributed by atoms with E-state index in [1.807, 2.05) is 38.1 Å². The SMILES string of the molecule is CCOc1cccc(NC(=O)c2sc(CC(C)C)nc2C)c1. The maximum atomic E-state index is 12.4. The average molecular weight is 318 g/mol. The molecular weight excluding hydrogens is 296 g/mol. The third kappa shape index (κ3) is 4.31. The van der Waals surface area contributed by atoms with E-state index < -0.39 is 0 Å². The Kier molecular flexibility index (Phi) is 5.55. The minimum Gasteiger partial charge on any atom is -0.494 e. The number of aromatic nitrogens is 1. The summed E-state index contributed by atoms with van der Waals surface area (Å²) in [5.41, 5.74) is 1.52. The van der Waals surface area contributed by atoms with Crippen LogP contribution in [0.1, 0.15) is 41.1 Å². The first-order chi connectivity index (χ1) is 10.5. The molecule has 1 heterocycles. The van der Waals surface area contributed by atoms with Gasteiger partial charge in [-0.2, -0.15) is 0 Å². The van der Waals surface area contributed by atoms with Crippen LogP contribution in [0, 0.1) is 12.8 Å². The summed E-state index contributed by atoms with van der Waals surface area (Å²) in [6, 6.07) is 7.42. The van der Waals surface area contributed by atoms with Gasteiger partial charge in [-0.05, 0) is 31.9 Å². The molecule has 0 fully saturated rings. The molecule has 1 amide bonds. The number of nitrogens with zero attached hydrogens (tertiary/aromatic N) is 1. The van der Waals surface area contributed by atoms with Crippen molar-refractivity contribution in [1.82, 2.24) is 4.98 Å². The van der Waals surface area contributed by atoms with Crippen LogP contribution in [0.15, 0.2) is 24.3 Å². The van der Waals surface area contributed by atoms with E-state index in [2.05, 4.69) is 24.1 Å². The number of ether oxygens (including phenoxy) is 1. The van der Waals surface area contributed by atoms with Gasteiger partial charge in [-0.25, -0.2) is 4.98 Å². The summed E-state index contributed by atoms with van der Waals surface area (Å²) in [6.07, 6.45) is 0.901. The number of amides is 1. The van der Waals surface area contributed by atoms with Gasteiger partial charge in [0.25, 0.3) is 5.91 Å². The number of hydrogen-bond donors (Lipinski definition) is 1. The van der Waals surface area contributed by atoms with Crippen LogP contribution < -0.4 is 10.1 Å². The number of hydrogen-bond acceptors (Lipinski definition) is 4. The molecule has 0 aliphatic rings. The van der Waals surface area contributed by atoms with Crippen molar-refractivity contribution in [2.75, 3.05) is 11.9 Å². The van der Waals surface area contributed by atoms with Gasteiger partial charge in [0.1, 0.15) is 10.6 Å². The number of carbonyl (C=O) groups is 1. The van der Waals surface area contributed by atoms with Gasteiger partial charge in [-0.1, -0.05) is 19.9 Å². The van der Waals surface area contributed by atoms with Crippen LogP contribution in [0.5, 0.6) is 5.75 Å². The lowest BCUT2D eigenvalue weighted by molar-refractivity contribution is 0.103. The Hall–Kier alpha value is -1.88. The Bertz CT molecular complexity index is 650. The van der Waals surface area contributed by atoms with Crippen LogP contribution >= 0.6 is 11.3 Å². The van der Waals surface area contributed by atoms with Gasteiger partial charge < -0.3 is 10.1 Å².